The first-order valence-electron chi connectivity index (χ1n) is 7.76. The smallest absolute Gasteiger partial charge is 0.407 e. The van der Waals surface area contributed by atoms with E-state index in [9.17, 15) is 9.59 Å². The number of nitrogens with two attached hydrogens (primary N) is 1. The number of amides is 2. The highest BCUT2D eigenvalue weighted by atomic mass is 16.6. The summed E-state index contributed by atoms with van der Waals surface area (Å²) in [5, 5.41) is 2.75. The van der Waals surface area contributed by atoms with Gasteiger partial charge in [-0.1, -0.05) is 6.42 Å². The molecule has 1 heterocycles. The third-order valence-electron chi connectivity index (χ3n) is 3.49. The van der Waals surface area contributed by atoms with Crippen molar-refractivity contribution in [2.75, 3.05) is 26.2 Å². The summed E-state index contributed by atoms with van der Waals surface area (Å²) in [5.74, 6) is -0.155. The van der Waals surface area contributed by atoms with Crippen LogP contribution in [0.5, 0.6) is 0 Å². The van der Waals surface area contributed by atoms with Crippen molar-refractivity contribution in [1.29, 1.82) is 0 Å². The van der Waals surface area contributed by atoms with Crippen LogP contribution >= 0.6 is 0 Å². The highest BCUT2D eigenvalue weighted by Gasteiger charge is 2.25. The van der Waals surface area contributed by atoms with Crippen LogP contribution in [-0.2, 0) is 9.53 Å². The van der Waals surface area contributed by atoms with Gasteiger partial charge in [0, 0.05) is 13.1 Å². The monoisotopic (exact) mass is 299 g/mol. The third-order valence-corrected chi connectivity index (χ3v) is 3.49. The lowest BCUT2D eigenvalue weighted by Crippen LogP contribution is -2.33. The number of likely N-dealkylation sites (tertiary alicyclic amines) is 1. The second-order valence-corrected chi connectivity index (χ2v) is 6.68. The van der Waals surface area contributed by atoms with E-state index in [-0.39, 0.29) is 17.9 Å². The Morgan fingerprint density at radius 2 is 2.00 bits per heavy atom. The van der Waals surface area contributed by atoms with Crippen LogP contribution in [0.15, 0.2) is 0 Å². The molecular formula is C15H29N3O3. The number of nitrogens with one attached hydrogen (secondary N) is 1. The highest BCUT2D eigenvalue weighted by Crippen LogP contribution is 2.16. The number of rotatable bonds is 7. The second kappa shape index (κ2) is 8.22. The van der Waals surface area contributed by atoms with Gasteiger partial charge in [-0.2, -0.15) is 0 Å². The Kier molecular flexibility index (Phi) is 6.95. The van der Waals surface area contributed by atoms with E-state index in [0.717, 1.165) is 45.3 Å². The van der Waals surface area contributed by atoms with Gasteiger partial charge in [-0.25, -0.2) is 4.79 Å². The largest absolute Gasteiger partial charge is 0.444 e. The lowest BCUT2D eigenvalue weighted by atomic mass is 10.1. The molecule has 0 spiro atoms. The van der Waals surface area contributed by atoms with Crippen molar-refractivity contribution in [2.24, 2.45) is 11.7 Å². The van der Waals surface area contributed by atoms with Crippen LogP contribution in [-0.4, -0.2) is 48.7 Å². The Labute approximate surface area is 127 Å². The molecule has 1 aliphatic rings. The standard InChI is InChI=1S/C15H29N3O3/c1-15(2,3)21-14(20)17-8-5-4-6-9-18-10-7-12(11-18)13(16)19/h12H,4-11H2,1-3H3,(H2,16,19)(H,17,20). The molecule has 21 heavy (non-hydrogen) atoms. The number of alkyl carbamates (subject to hydrolysis) is 1. The molecule has 3 N–H and O–H groups in total. The van der Waals surface area contributed by atoms with Crippen molar-refractivity contribution in [1.82, 2.24) is 10.2 Å². The van der Waals surface area contributed by atoms with Gasteiger partial charge in [0.2, 0.25) is 5.91 Å². The molecular weight excluding hydrogens is 270 g/mol. The molecule has 1 fully saturated rings. The average molecular weight is 299 g/mol. The first-order valence-corrected chi connectivity index (χ1v) is 7.76. The van der Waals surface area contributed by atoms with Gasteiger partial charge < -0.3 is 20.7 Å². The van der Waals surface area contributed by atoms with Crippen molar-refractivity contribution < 1.29 is 14.3 Å². The molecule has 0 radical (unpaired) electrons. The molecule has 1 saturated heterocycles. The van der Waals surface area contributed by atoms with Gasteiger partial charge in [-0.3, -0.25) is 4.79 Å². The fourth-order valence-corrected chi connectivity index (χ4v) is 2.41. The minimum atomic E-state index is -0.448. The summed E-state index contributed by atoms with van der Waals surface area (Å²) < 4.78 is 5.16. The first kappa shape index (κ1) is 17.8. The topological polar surface area (TPSA) is 84.7 Å². The molecule has 6 nitrogen and oxygen atoms in total. The van der Waals surface area contributed by atoms with E-state index in [2.05, 4.69) is 10.2 Å². The summed E-state index contributed by atoms with van der Waals surface area (Å²) in [5.41, 5.74) is 4.86. The minimum absolute atomic E-state index is 0.0267. The summed E-state index contributed by atoms with van der Waals surface area (Å²) in [6.07, 6.45) is 3.59. The zero-order chi connectivity index (χ0) is 15.9. The molecule has 1 aliphatic heterocycles. The molecule has 6 heteroatoms. The molecule has 0 bridgehead atoms. The predicted octanol–water partition coefficient (Wildman–Crippen LogP) is 1.49. The van der Waals surface area contributed by atoms with Crippen LogP contribution in [0.4, 0.5) is 4.79 Å². The van der Waals surface area contributed by atoms with Crippen molar-refractivity contribution in [2.45, 2.75) is 52.1 Å². The lowest BCUT2D eigenvalue weighted by Gasteiger charge is -2.19. The molecule has 1 rings (SSSR count). The van der Waals surface area contributed by atoms with Gasteiger partial charge in [-0.15, -0.1) is 0 Å². The van der Waals surface area contributed by atoms with E-state index in [0.29, 0.717) is 6.54 Å². The van der Waals surface area contributed by atoms with Crippen LogP contribution in [0, 0.1) is 5.92 Å². The molecule has 0 aromatic heterocycles. The molecule has 0 aliphatic carbocycles. The maximum absolute atomic E-state index is 11.4. The molecule has 122 valence electrons. The molecule has 0 saturated carbocycles. The maximum Gasteiger partial charge on any atom is 0.407 e. The minimum Gasteiger partial charge on any atom is -0.444 e. The summed E-state index contributed by atoms with van der Waals surface area (Å²) >= 11 is 0. The van der Waals surface area contributed by atoms with E-state index >= 15 is 0 Å². The Hall–Kier alpha value is -1.30. The molecule has 2 amide bonds. The third kappa shape index (κ3) is 7.90. The number of nitrogens with zero attached hydrogens (tertiary/aromatic N) is 1. The molecule has 0 aromatic carbocycles. The summed E-state index contributed by atoms with van der Waals surface area (Å²) in [6.45, 7) is 8.94. The van der Waals surface area contributed by atoms with Crippen LogP contribution < -0.4 is 11.1 Å². The normalized spacial score (nSPS) is 19.5. The molecule has 1 unspecified atom stereocenters. The molecule has 1 atom stereocenters. The quantitative estimate of drug-likeness (QED) is 0.698. The number of ether oxygens (including phenoxy) is 1. The number of carbonyl (C=O) groups excluding carboxylic acids is 2. The van der Waals surface area contributed by atoms with Crippen molar-refractivity contribution in [3.05, 3.63) is 0 Å². The predicted molar refractivity (Wildman–Crippen MR) is 81.8 cm³/mol. The van der Waals surface area contributed by atoms with Gasteiger partial charge in [0.25, 0.3) is 0 Å². The SMILES string of the molecule is CC(C)(C)OC(=O)NCCCCCN1CCC(C(N)=O)C1. The van der Waals surface area contributed by atoms with Gasteiger partial charge >= 0.3 is 6.09 Å². The number of hydrogen-bond acceptors (Lipinski definition) is 4. The van der Waals surface area contributed by atoms with E-state index in [1.165, 1.54) is 0 Å². The zero-order valence-electron chi connectivity index (χ0n) is 13.5. The fourth-order valence-electron chi connectivity index (χ4n) is 2.41. The number of hydrogen-bond donors (Lipinski definition) is 2. The average Bonchev–Trinajstić information content (AvgIpc) is 2.80. The van der Waals surface area contributed by atoms with Gasteiger partial charge in [0.05, 0.1) is 5.92 Å². The Morgan fingerprint density at radius 3 is 2.57 bits per heavy atom. The maximum atomic E-state index is 11.4. The number of carbonyl (C=O) groups is 2. The summed E-state index contributed by atoms with van der Waals surface area (Å²) in [7, 11) is 0. The van der Waals surface area contributed by atoms with E-state index in [1.807, 2.05) is 20.8 Å². The number of unbranched alkanes of at least 4 members (excludes halogenated alkanes) is 2. The van der Waals surface area contributed by atoms with Gasteiger partial charge in [-0.05, 0) is 53.1 Å². The highest BCUT2D eigenvalue weighted by molar-refractivity contribution is 5.77. The second-order valence-electron chi connectivity index (χ2n) is 6.68. The van der Waals surface area contributed by atoms with Crippen LogP contribution in [0.3, 0.4) is 0 Å². The van der Waals surface area contributed by atoms with Crippen LogP contribution in [0.2, 0.25) is 0 Å². The Bertz CT molecular complexity index is 353. The van der Waals surface area contributed by atoms with Crippen molar-refractivity contribution in [3.63, 3.8) is 0 Å². The van der Waals surface area contributed by atoms with Gasteiger partial charge in [0.15, 0.2) is 0 Å². The van der Waals surface area contributed by atoms with Crippen molar-refractivity contribution >= 4 is 12.0 Å². The fraction of sp³-hybridized carbons (Fsp3) is 0.867. The van der Waals surface area contributed by atoms with E-state index in [1.54, 1.807) is 0 Å². The van der Waals surface area contributed by atoms with Crippen molar-refractivity contribution in [3.8, 4) is 0 Å². The summed E-state index contributed by atoms with van der Waals surface area (Å²) in [6, 6.07) is 0. The Morgan fingerprint density at radius 1 is 1.29 bits per heavy atom. The zero-order valence-corrected chi connectivity index (χ0v) is 13.5. The molecule has 0 aromatic rings. The lowest BCUT2D eigenvalue weighted by molar-refractivity contribution is -0.121. The summed E-state index contributed by atoms with van der Waals surface area (Å²) in [4.78, 5) is 24.8. The van der Waals surface area contributed by atoms with Crippen LogP contribution in [0.25, 0.3) is 0 Å². The number of primary amides is 1. The Balaban J connectivity index is 1.98. The van der Waals surface area contributed by atoms with E-state index < -0.39 is 5.60 Å². The van der Waals surface area contributed by atoms with Crippen LogP contribution in [0.1, 0.15) is 46.5 Å². The first-order chi connectivity index (χ1) is 9.78. The van der Waals surface area contributed by atoms with E-state index in [4.69, 9.17) is 10.5 Å². The van der Waals surface area contributed by atoms with Gasteiger partial charge in [0.1, 0.15) is 5.60 Å².